The van der Waals surface area contributed by atoms with Crippen LogP contribution in [0, 0.1) is 5.92 Å². The van der Waals surface area contributed by atoms with Gasteiger partial charge in [0.25, 0.3) is 0 Å². The van der Waals surface area contributed by atoms with E-state index < -0.39 is 10.0 Å². The van der Waals surface area contributed by atoms with Crippen LogP contribution in [-0.2, 0) is 10.0 Å². The zero-order chi connectivity index (χ0) is 11.8. The molecule has 1 aromatic carbocycles. The number of nitrogen functional groups attached to an aromatic ring is 1. The van der Waals surface area contributed by atoms with Gasteiger partial charge in [0.15, 0.2) is 0 Å². The molecule has 0 amide bonds. The Labute approximate surface area is 103 Å². The summed E-state index contributed by atoms with van der Waals surface area (Å²) < 4.78 is 26.6. The van der Waals surface area contributed by atoms with Gasteiger partial charge in [-0.25, -0.2) is 8.42 Å². The first-order chi connectivity index (χ1) is 7.46. The van der Waals surface area contributed by atoms with Gasteiger partial charge in [-0.3, -0.25) is 4.72 Å². The second-order valence-electron chi connectivity index (χ2n) is 4.06. The Bertz CT molecular complexity index is 498. The largest absolute Gasteiger partial charge is 0.398 e. The van der Waals surface area contributed by atoms with E-state index >= 15 is 0 Å². The van der Waals surface area contributed by atoms with Gasteiger partial charge >= 0.3 is 0 Å². The molecular weight excluding hydrogens is 292 g/mol. The molecule has 88 valence electrons. The fourth-order valence-corrected chi connectivity index (χ4v) is 3.31. The lowest BCUT2D eigenvalue weighted by molar-refractivity contribution is 0.597. The number of halogens is 1. The Balaban J connectivity index is 2.10. The minimum Gasteiger partial charge on any atom is -0.398 e. The van der Waals surface area contributed by atoms with Crippen LogP contribution in [0.3, 0.4) is 0 Å². The van der Waals surface area contributed by atoms with Gasteiger partial charge in [-0.05, 0) is 52.9 Å². The van der Waals surface area contributed by atoms with Crippen molar-refractivity contribution >= 4 is 37.3 Å². The highest BCUT2D eigenvalue weighted by atomic mass is 79.9. The molecule has 4 nitrogen and oxygen atoms in total. The second kappa shape index (κ2) is 4.25. The van der Waals surface area contributed by atoms with Crippen LogP contribution in [0.1, 0.15) is 12.8 Å². The molecule has 0 aliphatic heterocycles. The summed E-state index contributed by atoms with van der Waals surface area (Å²) in [6.45, 7) is 0. The summed E-state index contributed by atoms with van der Waals surface area (Å²) in [5, 5.41) is 0. The van der Waals surface area contributed by atoms with E-state index in [0.717, 1.165) is 12.8 Å². The molecule has 3 N–H and O–H groups in total. The Kier molecular flexibility index (Phi) is 3.12. The van der Waals surface area contributed by atoms with Crippen molar-refractivity contribution in [1.29, 1.82) is 0 Å². The monoisotopic (exact) mass is 304 g/mol. The van der Waals surface area contributed by atoms with E-state index in [9.17, 15) is 8.42 Å². The Morgan fingerprint density at radius 1 is 1.44 bits per heavy atom. The summed E-state index contributed by atoms with van der Waals surface area (Å²) in [6.07, 6.45) is 2.04. The van der Waals surface area contributed by atoms with E-state index in [-0.39, 0.29) is 5.75 Å². The highest BCUT2D eigenvalue weighted by Crippen LogP contribution is 2.31. The normalized spacial score (nSPS) is 16.1. The summed E-state index contributed by atoms with van der Waals surface area (Å²) >= 11 is 3.26. The van der Waals surface area contributed by atoms with Crippen LogP contribution in [-0.4, -0.2) is 14.2 Å². The zero-order valence-electron chi connectivity index (χ0n) is 8.61. The van der Waals surface area contributed by atoms with E-state index in [1.54, 1.807) is 18.2 Å². The zero-order valence-corrected chi connectivity index (χ0v) is 11.0. The average molecular weight is 305 g/mol. The molecule has 0 radical (unpaired) electrons. The predicted octanol–water partition coefficient (Wildman–Crippen LogP) is 2.18. The van der Waals surface area contributed by atoms with Crippen molar-refractivity contribution in [3.05, 3.63) is 22.7 Å². The fourth-order valence-electron chi connectivity index (χ4n) is 1.41. The SMILES string of the molecule is Nc1ccc(NS(=O)(=O)CC2CC2)cc1Br. The van der Waals surface area contributed by atoms with Gasteiger partial charge in [0.2, 0.25) is 10.0 Å². The van der Waals surface area contributed by atoms with Crippen LogP contribution in [0.2, 0.25) is 0 Å². The Morgan fingerprint density at radius 2 is 2.12 bits per heavy atom. The maximum atomic E-state index is 11.7. The molecule has 0 spiro atoms. The van der Waals surface area contributed by atoms with Crippen LogP contribution in [0.4, 0.5) is 11.4 Å². The lowest BCUT2D eigenvalue weighted by atomic mass is 10.3. The average Bonchev–Trinajstić information content (AvgIpc) is 2.94. The van der Waals surface area contributed by atoms with Crippen LogP contribution < -0.4 is 10.5 Å². The highest BCUT2D eigenvalue weighted by molar-refractivity contribution is 9.10. The number of nitrogens with two attached hydrogens (primary N) is 1. The standard InChI is InChI=1S/C10H13BrN2O2S/c11-9-5-8(3-4-10(9)12)13-16(14,15)6-7-1-2-7/h3-5,7,13H,1-2,6,12H2. The van der Waals surface area contributed by atoms with E-state index in [2.05, 4.69) is 20.7 Å². The third-order valence-corrected chi connectivity index (χ3v) is 4.57. The van der Waals surface area contributed by atoms with Gasteiger partial charge in [0.1, 0.15) is 0 Å². The van der Waals surface area contributed by atoms with Gasteiger partial charge in [-0.2, -0.15) is 0 Å². The lowest BCUT2D eigenvalue weighted by Crippen LogP contribution is -2.17. The molecule has 6 heteroatoms. The molecule has 1 aliphatic rings. The molecule has 0 bridgehead atoms. The molecule has 0 aromatic heterocycles. The van der Waals surface area contributed by atoms with Crippen molar-refractivity contribution in [1.82, 2.24) is 0 Å². The first kappa shape index (κ1) is 11.7. The minimum atomic E-state index is -3.21. The minimum absolute atomic E-state index is 0.217. The molecule has 1 fully saturated rings. The molecule has 0 unspecified atom stereocenters. The molecule has 1 saturated carbocycles. The first-order valence-electron chi connectivity index (χ1n) is 5.02. The van der Waals surface area contributed by atoms with Gasteiger partial charge < -0.3 is 5.73 Å². The molecule has 0 heterocycles. The molecule has 0 atom stereocenters. The van der Waals surface area contributed by atoms with Gasteiger partial charge in [-0.1, -0.05) is 0 Å². The van der Waals surface area contributed by atoms with Crippen LogP contribution in [0.15, 0.2) is 22.7 Å². The maximum Gasteiger partial charge on any atom is 0.232 e. The number of rotatable bonds is 4. The van der Waals surface area contributed by atoms with Crippen molar-refractivity contribution in [3.8, 4) is 0 Å². The molecule has 1 aromatic rings. The molecule has 16 heavy (non-hydrogen) atoms. The fraction of sp³-hybridized carbons (Fsp3) is 0.400. The number of anilines is 2. The van der Waals surface area contributed by atoms with E-state index in [1.807, 2.05) is 0 Å². The summed E-state index contributed by atoms with van der Waals surface area (Å²) in [6, 6.07) is 4.99. The Morgan fingerprint density at radius 3 is 2.69 bits per heavy atom. The molecule has 2 rings (SSSR count). The number of hydrogen-bond donors (Lipinski definition) is 2. The van der Waals surface area contributed by atoms with Gasteiger partial charge in [0.05, 0.1) is 5.75 Å². The van der Waals surface area contributed by atoms with Crippen LogP contribution >= 0.6 is 15.9 Å². The number of nitrogens with one attached hydrogen (secondary N) is 1. The van der Waals surface area contributed by atoms with Gasteiger partial charge in [-0.15, -0.1) is 0 Å². The lowest BCUT2D eigenvalue weighted by Gasteiger charge is -2.08. The highest BCUT2D eigenvalue weighted by Gasteiger charge is 2.27. The second-order valence-corrected chi connectivity index (χ2v) is 6.68. The van der Waals surface area contributed by atoms with E-state index in [0.29, 0.717) is 21.8 Å². The molecule has 0 saturated heterocycles. The predicted molar refractivity (Wildman–Crippen MR) is 68.7 cm³/mol. The van der Waals surface area contributed by atoms with Crippen molar-refractivity contribution in [2.45, 2.75) is 12.8 Å². The summed E-state index contributed by atoms with van der Waals surface area (Å²) in [4.78, 5) is 0. The van der Waals surface area contributed by atoms with Crippen LogP contribution in [0.5, 0.6) is 0 Å². The topological polar surface area (TPSA) is 72.2 Å². The van der Waals surface area contributed by atoms with Crippen molar-refractivity contribution in [2.24, 2.45) is 5.92 Å². The Hall–Kier alpha value is -0.750. The summed E-state index contributed by atoms with van der Waals surface area (Å²) in [5.74, 6) is 0.560. The summed E-state index contributed by atoms with van der Waals surface area (Å²) in [7, 11) is -3.21. The number of sulfonamides is 1. The van der Waals surface area contributed by atoms with E-state index in [4.69, 9.17) is 5.73 Å². The van der Waals surface area contributed by atoms with Crippen molar-refractivity contribution in [2.75, 3.05) is 16.2 Å². The van der Waals surface area contributed by atoms with E-state index in [1.165, 1.54) is 0 Å². The smallest absolute Gasteiger partial charge is 0.232 e. The van der Waals surface area contributed by atoms with Gasteiger partial charge in [0, 0.05) is 15.8 Å². The quantitative estimate of drug-likeness (QED) is 0.838. The summed E-state index contributed by atoms with van der Waals surface area (Å²) in [5.41, 5.74) is 6.75. The van der Waals surface area contributed by atoms with Crippen molar-refractivity contribution < 1.29 is 8.42 Å². The van der Waals surface area contributed by atoms with Crippen molar-refractivity contribution in [3.63, 3.8) is 0 Å². The number of hydrogen-bond acceptors (Lipinski definition) is 3. The third-order valence-electron chi connectivity index (χ3n) is 2.43. The molecule has 1 aliphatic carbocycles. The molecular formula is C10H13BrN2O2S. The van der Waals surface area contributed by atoms with Crippen LogP contribution in [0.25, 0.3) is 0 Å². The number of benzene rings is 1. The first-order valence-corrected chi connectivity index (χ1v) is 7.46. The maximum absolute atomic E-state index is 11.7. The third kappa shape index (κ3) is 3.12.